The summed E-state index contributed by atoms with van der Waals surface area (Å²) < 4.78 is 7.21. The van der Waals surface area contributed by atoms with Crippen LogP contribution in [0.25, 0.3) is 22.0 Å². The maximum Gasteiger partial charge on any atom is 0.404 e. The lowest BCUT2D eigenvalue weighted by Gasteiger charge is -2.04. The number of carbonyl (C=O) groups excluding carboxylic acids is 1. The third kappa shape index (κ3) is 2.62. The normalized spacial score (nSPS) is 11.5. The highest BCUT2D eigenvalue weighted by molar-refractivity contribution is 6.13. The molecule has 0 fully saturated rings. The molecular weight excluding hydrogens is 314 g/mol. The molecule has 2 amide bonds. The molecular formula is C15H15N5O4. The number of nitrogens with two attached hydrogens (primary N) is 2. The number of imidazole rings is 1. The molecule has 3 rings (SSSR count). The summed E-state index contributed by atoms with van der Waals surface area (Å²) in [4.78, 5) is 26.2. The Morgan fingerprint density at radius 1 is 1.42 bits per heavy atom. The van der Waals surface area contributed by atoms with Gasteiger partial charge in [0.2, 0.25) is 11.9 Å². The largest absolute Gasteiger partial charge is 0.465 e. The van der Waals surface area contributed by atoms with E-state index in [1.807, 2.05) is 0 Å². The maximum atomic E-state index is 11.6. The Morgan fingerprint density at radius 3 is 2.92 bits per heavy atom. The lowest BCUT2D eigenvalue weighted by Crippen LogP contribution is -2.20. The third-order valence-corrected chi connectivity index (χ3v) is 3.57. The zero-order valence-electron chi connectivity index (χ0n) is 12.5. The molecule has 124 valence electrons. The number of anilines is 1. The number of nitrogens with zero attached hydrogens (tertiary/aromatic N) is 2. The van der Waals surface area contributed by atoms with E-state index in [9.17, 15) is 9.59 Å². The Hall–Kier alpha value is -3.49. The van der Waals surface area contributed by atoms with Crippen LogP contribution in [0.15, 0.2) is 35.0 Å². The minimum absolute atomic E-state index is 0.184. The van der Waals surface area contributed by atoms with Crippen molar-refractivity contribution in [2.24, 2.45) is 5.73 Å². The molecule has 0 unspecified atom stereocenters. The molecule has 9 nitrogen and oxygen atoms in total. The van der Waals surface area contributed by atoms with Crippen LogP contribution in [0, 0.1) is 0 Å². The molecule has 2 heterocycles. The van der Waals surface area contributed by atoms with Gasteiger partial charge in [-0.25, -0.2) is 9.78 Å². The molecule has 9 heteroatoms. The summed E-state index contributed by atoms with van der Waals surface area (Å²) in [5.74, 6) is -0.323. The van der Waals surface area contributed by atoms with Crippen LogP contribution in [0.4, 0.5) is 10.7 Å². The number of primary amides is 1. The van der Waals surface area contributed by atoms with Crippen molar-refractivity contribution in [2.45, 2.75) is 6.54 Å². The Kier molecular flexibility index (Phi) is 3.82. The SMILES string of the molecule is NC(=O)c1cc2nc(N)n(CC=CCNC(=O)O)c2c2occc12. The van der Waals surface area contributed by atoms with Crippen LogP contribution in [-0.2, 0) is 6.54 Å². The summed E-state index contributed by atoms with van der Waals surface area (Å²) in [5, 5.41) is 11.3. The average Bonchev–Trinajstić information content (AvgIpc) is 3.09. The monoisotopic (exact) mass is 329 g/mol. The minimum atomic E-state index is -1.09. The second-order valence-corrected chi connectivity index (χ2v) is 5.06. The Balaban J connectivity index is 2.03. The van der Waals surface area contributed by atoms with Gasteiger partial charge in [0, 0.05) is 18.5 Å². The van der Waals surface area contributed by atoms with Gasteiger partial charge in [-0.05, 0) is 12.1 Å². The number of fused-ring (bicyclic) bond motifs is 3. The van der Waals surface area contributed by atoms with Gasteiger partial charge in [-0.1, -0.05) is 12.2 Å². The van der Waals surface area contributed by atoms with E-state index in [2.05, 4.69) is 10.3 Å². The lowest BCUT2D eigenvalue weighted by molar-refractivity contribution is 0.100. The number of hydrogen-bond donors (Lipinski definition) is 4. The highest BCUT2D eigenvalue weighted by Crippen LogP contribution is 2.31. The van der Waals surface area contributed by atoms with Crippen LogP contribution in [0.2, 0.25) is 0 Å². The molecule has 1 aromatic carbocycles. The van der Waals surface area contributed by atoms with Crippen molar-refractivity contribution in [3.63, 3.8) is 0 Å². The van der Waals surface area contributed by atoms with Gasteiger partial charge < -0.3 is 30.9 Å². The van der Waals surface area contributed by atoms with Gasteiger partial charge in [0.15, 0.2) is 5.58 Å². The molecule has 3 aromatic rings. The maximum absolute atomic E-state index is 11.6. The van der Waals surface area contributed by atoms with E-state index in [1.165, 1.54) is 6.26 Å². The van der Waals surface area contributed by atoms with Crippen molar-refractivity contribution < 1.29 is 19.1 Å². The van der Waals surface area contributed by atoms with E-state index in [-0.39, 0.29) is 12.5 Å². The van der Waals surface area contributed by atoms with Crippen molar-refractivity contribution in [3.05, 3.63) is 36.1 Å². The van der Waals surface area contributed by atoms with E-state index >= 15 is 0 Å². The molecule has 0 bridgehead atoms. The number of aromatic nitrogens is 2. The van der Waals surface area contributed by atoms with E-state index < -0.39 is 12.0 Å². The summed E-state index contributed by atoms with van der Waals surface area (Å²) in [5.41, 5.74) is 13.3. The van der Waals surface area contributed by atoms with Gasteiger partial charge >= 0.3 is 6.09 Å². The lowest BCUT2D eigenvalue weighted by atomic mass is 10.1. The van der Waals surface area contributed by atoms with Crippen molar-refractivity contribution in [3.8, 4) is 0 Å². The first-order chi connectivity index (χ1) is 11.5. The second-order valence-electron chi connectivity index (χ2n) is 5.06. The Labute approximate surface area is 135 Å². The quantitative estimate of drug-likeness (QED) is 0.518. The zero-order chi connectivity index (χ0) is 17.3. The number of amides is 2. The van der Waals surface area contributed by atoms with Crippen molar-refractivity contribution >= 4 is 40.0 Å². The number of hydrogen-bond acceptors (Lipinski definition) is 5. The van der Waals surface area contributed by atoms with Crippen LogP contribution in [-0.4, -0.2) is 33.2 Å². The summed E-state index contributed by atoms with van der Waals surface area (Å²) in [6, 6.07) is 3.24. The van der Waals surface area contributed by atoms with Gasteiger partial charge in [0.1, 0.15) is 5.52 Å². The second kappa shape index (κ2) is 5.95. The molecule has 0 atom stereocenters. The molecule has 0 spiro atoms. The van der Waals surface area contributed by atoms with Gasteiger partial charge in [-0.15, -0.1) is 0 Å². The average molecular weight is 329 g/mol. The fourth-order valence-electron chi connectivity index (χ4n) is 2.55. The molecule has 0 aliphatic heterocycles. The summed E-state index contributed by atoms with van der Waals surface area (Å²) in [6.45, 7) is 0.555. The zero-order valence-corrected chi connectivity index (χ0v) is 12.5. The first-order valence-corrected chi connectivity index (χ1v) is 7.06. The predicted molar refractivity (Wildman–Crippen MR) is 87.6 cm³/mol. The van der Waals surface area contributed by atoms with Crippen LogP contribution < -0.4 is 16.8 Å². The van der Waals surface area contributed by atoms with Crippen molar-refractivity contribution in [1.29, 1.82) is 0 Å². The summed E-state index contributed by atoms with van der Waals surface area (Å²) >= 11 is 0. The Bertz CT molecular complexity index is 969. The molecule has 0 aliphatic carbocycles. The van der Waals surface area contributed by atoms with E-state index in [1.54, 1.807) is 28.9 Å². The van der Waals surface area contributed by atoms with Gasteiger partial charge in [-0.3, -0.25) is 4.79 Å². The third-order valence-electron chi connectivity index (χ3n) is 3.57. The highest BCUT2D eigenvalue weighted by Gasteiger charge is 2.18. The molecule has 0 saturated carbocycles. The van der Waals surface area contributed by atoms with Crippen LogP contribution in [0.5, 0.6) is 0 Å². The predicted octanol–water partition coefficient (Wildman–Crippen LogP) is 1.29. The minimum Gasteiger partial charge on any atom is -0.465 e. The van der Waals surface area contributed by atoms with Crippen LogP contribution >= 0.6 is 0 Å². The number of nitrogens with one attached hydrogen (secondary N) is 1. The molecule has 0 aliphatic rings. The highest BCUT2D eigenvalue weighted by atomic mass is 16.4. The van der Waals surface area contributed by atoms with Gasteiger partial charge in [-0.2, -0.15) is 0 Å². The molecule has 2 aromatic heterocycles. The van der Waals surface area contributed by atoms with Gasteiger partial charge in [0.25, 0.3) is 0 Å². The number of carbonyl (C=O) groups is 2. The van der Waals surface area contributed by atoms with E-state index in [0.29, 0.717) is 34.1 Å². The topological polar surface area (TPSA) is 149 Å². The molecule has 0 radical (unpaired) electrons. The van der Waals surface area contributed by atoms with E-state index in [4.69, 9.17) is 21.0 Å². The first kappa shape index (κ1) is 15.4. The van der Waals surface area contributed by atoms with Crippen molar-refractivity contribution in [1.82, 2.24) is 14.9 Å². The number of furan rings is 1. The summed E-state index contributed by atoms with van der Waals surface area (Å²) in [7, 11) is 0. The number of benzene rings is 1. The van der Waals surface area contributed by atoms with E-state index in [0.717, 1.165) is 0 Å². The molecule has 24 heavy (non-hydrogen) atoms. The number of rotatable bonds is 5. The molecule has 0 saturated heterocycles. The van der Waals surface area contributed by atoms with Crippen molar-refractivity contribution in [2.75, 3.05) is 12.3 Å². The first-order valence-electron chi connectivity index (χ1n) is 7.06. The standard InChI is InChI=1S/C15H15N5O4/c16-13(21)9-7-10-11(12-8(9)3-6-24-12)20(14(17)19-10)5-2-1-4-18-15(22)23/h1-3,6-7,18H,4-5H2,(H2,16,21)(H2,17,19)(H,22,23). The van der Waals surface area contributed by atoms with Crippen LogP contribution in [0.3, 0.4) is 0 Å². The summed E-state index contributed by atoms with van der Waals surface area (Å²) in [6.07, 6.45) is 3.79. The Morgan fingerprint density at radius 2 is 2.21 bits per heavy atom. The fourth-order valence-corrected chi connectivity index (χ4v) is 2.55. The number of nitrogen functional groups attached to an aromatic ring is 1. The van der Waals surface area contributed by atoms with Crippen LogP contribution in [0.1, 0.15) is 10.4 Å². The van der Waals surface area contributed by atoms with Gasteiger partial charge in [0.05, 0.1) is 17.3 Å². The smallest absolute Gasteiger partial charge is 0.404 e. The number of carboxylic acid groups (broad SMARTS) is 1. The molecule has 6 N–H and O–H groups in total. The fraction of sp³-hybridized carbons (Fsp3) is 0.133. The number of allylic oxidation sites excluding steroid dienone is 1.